The van der Waals surface area contributed by atoms with E-state index in [4.69, 9.17) is 0 Å². The molecule has 7 nitrogen and oxygen atoms in total. The lowest BCUT2D eigenvalue weighted by Gasteiger charge is -2.34. The van der Waals surface area contributed by atoms with Crippen molar-refractivity contribution in [1.29, 1.82) is 0 Å². The van der Waals surface area contributed by atoms with Crippen molar-refractivity contribution in [3.63, 3.8) is 0 Å². The highest BCUT2D eigenvalue weighted by molar-refractivity contribution is 5.85. The van der Waals surface area contributed by atoms with E-state index in [1.165, 1.54) is 0 Å². The fourth-order valence-corrected chi connectivity index (χ4v) is 2.93. The largest absolute Gasteiger partial charge is 0.337 e. The first-order chi connectivity index (χ1) is 11.6. The van der Waals surface area contributed by atoms with Crippen molar-refractivity contribution in [3.05, 3.63) is 46.1 Å². The number of pyridine rings is 1. The van der Waals surface area contributed by atoms with Crippen LogP contribution in [0.5, 0.6) is 0 Å². The lowest BCUT2D eigenvalue weighted by molar-refractivity contribution is -0.133. The van der Waals surface area contributed by atoms with Crippen molar-refractivity contribution in [2.75, 3.05) is 19.6 Å². The summed E-state index contributed by atoms with van der Waals surface area (Å²) in [5.41, 5.74) is 1.55. The zero-order valence-corrected chi connectivity index (χ0v) is 16.3. The van der Waals surface area contributed by atoms with Crippen LogP contribution >= 0.6 is 24.8 Å². The quantitative estimate of drug-likeness (QED) is 0.812. The molecule has 0 unspecified atom stereocenters. The Balaban J connectivity index is 0.00000169. The van der Waals surface area contributed by atoms with Gasteiger partial charge in [0.1, 0.15) is 5.82 Å². The van der Waals surface area contributed by atoms with Crippen LogP contribution in [0.3, 0.4) is 0 Å². The molecule has 1 fully saturated rings. The van der Waals surface area contributed by atoms with E-state index in [9.17, 15) is 9.59 Å². The van der Waals surface area contributed by atoms with Crippen LogP contribution in [-0.4, -0.2) is 51.4 Å². The smallest absolute Gasteiger partial charge is 0.255 e. The van der Waals surface area contributed by atoms with E-state index in [0.29, 0.717) is 23.6 Å². The molecule has 0 aliphatic carbocycles. The lowest BCUT2D eigenvalue weighted by Crippen LogP contribution is -2.52. The van der Waals surface area contributed by atoms with Gasteiger partial charge in [0.05, 0.1) is 6.42 Å². The van der Waals surface area contributed by atoms with Crippen LogP contribution in [0, 0.1) is 6.92 Å². The number of hydrogen-bond donors (Lipinski definition) is 2. The van der Waals surface area contributed by atoms with Crippen molar-refractivity contribution < 1.29 is 4.79 Å². The van der Waals surface area contributed by atoms with Crippen molar-refractivity contribution in [1.82, 2.24) is 25.2 Å². The van der Waals surface area contributed by atoms with Gasteiger partial charge in [0.2, 0.25) is 5.91 Å². The molecule has 1 aliphatic heterocycles. The summed E-state index contributed by atoms with van der Waals surface area (Å²) in [5, 5.41) is 3.25. The number of amides is 1. The van der Waals surface area contributed by atoms with Crippen LogP contribution in [0.2, 0.25) is 0 Å². The molecule has 142 valence electrons. The molecule has 0 bridgehead atoms. The van der Waals surface area contributed by atoms with Crippen LogP contribution < -0.4 is 10.9 Å². The van der Waals surface area contributed by atoms with Gasteiger partial charge in [-0.1, -0.05) is 0 Å². The lowest BCUT2D eigenvalue weighted by atomic mass is 10.1. The molecule has 1 amide bonds. The Bertz CT molecular complexity index is 797. The summed E-state index contributed by atoms with van der Waals surface area (Å²) in [6.45, 7) is 6.00. The number of piperazine rings is 1. The standard InChI is InChI=1S/C17H21N5O2.2ClH/c1-11-10-19-7-8-22(11)15(23)9-14-12(2)20-16(21-17(14)24)13-3-5-18-6-4-13;;/h3-6,11,19H,7-10H2,1-2H3,(H,20,21,24);2*1H/t11-;;/m0../s1. The van der Waals surface area contributed by atoms with E-state index >= 15 is 0 Å². The number of carbonyl (C=O) groups excluding carboxylic acids is 1. The Morgan fingerprint density at radius 3 is 2.62 bits per heavy atom. The molecule has 0 spiro atoms. The SMILES string of the molecule is Cc1nc(-c2ccncc2)[nH]c(=O)c1CC(=O)N1CCNC[C@@H]1C.Cl.Cl. The number of hydrogen-bond acceptors (Lipinski definition) is 5. The average molecular weight is 400 g/mol. The highest BCUT2D eigenvalue weighted by atomic mass is 35.5. The number of aromatic amines is 1. The third-order valence-corrected chi connectivity index (χ3v) is 4.33. The third-order valence-electron chi connectivity index (χ3n) is 4.33. The predicted molar refractivity (Wildman–Crippen MR) is 105 cm³/mol. The summed E-state index contributed by atoms with van der Waals surface area (Å²) < 4.78 is 0. The second-order valence-electron chi connectivity index (χ2n) is 6.03. The predicted octanol–water partition coefficient (Wildman–Crippen LogP) is 1.35. The molecule has 1 atom stereocenters. The maximum Gasteiger partial charge on any atom is 0.255 e. The fourth-order valence-electron chi connectivity index (χ4n) is 2.93. The molecule has 2 aromatic rings. The molecule has 26 heavy (non-hydrogen) atoms. The minimum atomic E-state index is -0.259. The van der Waals surface area contributed by atoms with Gasteiger partial charge in [0, 0.05) is 54.9 Å². The molecule has 3 heterocycles. The average Bonchev–Trinajstić information content (AvgIpc) is 2.59. The van der Waals surface area contributed by atoms with Gasteiger partial charge in [-0.3, -0.25) is 14.6 Å². The van der Waals surface area contributed by atoms with E-state index in [0.717, 1.165) is 18.7 Å². The highest BCUT2D eigenvalue weighted by Gasteiger charge is 2.24. The van der Waals surface area contributed by atoms with Gasteiger partial charge in [-0.25, -0.2) is 4.98 Å². The van der Waals surface area contributed by atoms with Crippen molar-refractivity contribution in [2.45, 2.75) is 26.3 Å². The molecule has 9 heteroatoms. The summed E-state index contributed by atoms with van der Waals surface area (Å²) in [6, 6.07) is 3.70. The number of carbonyl (C=O) groups is 1. The van der Waals surface area contributed by atoms with E-state index in [2.05, 4.69) is 20.3 Å². The molecule has 3 rings (SSSR count). The Morgan fingerprint density at radius 2 is 2.00 bits per heavy atom. The Morgan fingerprint density at radius 1 is 1.31 bits per heavy atom. The zero-order valence-electron chi connectivity index (χ0n) is 14.7. The van der Waals surface area contributed by atoms with Crippen LogP contribution in [0.15, 0.2) is 29.3 Å². The molecular formula is C17H23Cl2N5O2. The van der Waals surface area contributed by atoms with E-state index < -0.39 is 0 Å². The Hall–Kier alpha value is -1.96. The monoisotopic (exact) mass is 399 g/mol. The molecule has 0 aromatic carbocycles. The normalized spacial score (nSPS) is 16.4. The summed E-state index contributed by atoms with van der Waals surface area (Å²) in [4.78, 5) is 38.0. The van der Waals surface area contributed by atoms with Crippen molar-refractivity contribution in [3.8, 4) is 11.4 Å². The minimum absolute atomic E-state index is 0. The second kappa shape index (κ2) is 9.66. The summed E-state index contributed by atoms with van der Waals surface area (Å²) in [5.74, 6) is 0.461. The van der Waals surface area contributed by atoms with Crippen molar-refractivity contribution in [2.24, 2.45) is 0 Å². The number of nitrogens with zero attached hydrogens (tertiary/aromatic N) is 3. The van der Waals surface area contributed by atoms with Crippen molar-refractivity contribution >= 4 is 30.7 Å². The van der Waals surface area contributed by atoms with Gasteiger partial charge in [0.25, 0.3) is 5.56 Å². The van der Waals surface area contributed by atoms with Gasteiger partial charge < -0.3 is 15.2 Å². The van der Waals surface area contributed by atoms with Gasteiger partial charge in [-0.2, -0.15) is 0 Å². The summed E-state index contributed by atoms with van der Waals surface area (Å²) in [6.07, 6.45) is 3.37. The zero-order chi connectivity index (χ0) is 17.1. The fraction of sp³-hybridized carbons (Fsp3) is 0.412. The molecule has 1 saturated heterocycles. The molecule has 0 radical (unpaired) electrons. The number of aromatic nitrogens is 3. The molecular weight excluding hydrogens is 377 g/mol. The van der Waals surface area contributed by atoms with Crippen LogP contribution in [-0.2, 0) is 11.2 Å². The molecule has 1 aliphatic rings. The number of nitrogens with one attached hydrogen (secondary N) is 2. The number of H-pyrrole nitrogens is 1. The van der Waals surface area contributed by atoms with Crippen LogP contribution in [0.1, 0.15) is 18.2 Å². The number of rotatable bonds is 3. The molecule has 0 saturated carbocycles. The van der Waals surface area contributed by atoms with E-state index in [1.54, 1.807) is 31.5 Å². The first-order valence-electron chi connectivity index (χ1n) is 8.06. The number of halogens is 2. The Labute approximate surface area is 164 Å². The summed E-state index contributed by atoms with van der Waals surface area (Å²) in [7, 11) is 0. The molecule has 2 aromatic heterocycles. The maximum absolute atomic E-state index is 12.5. The third kappa shape index (κ3) is 4.81. The Kier molecular flexibility index (Phi) is 8.20. The van der Waals surface area contributed by atoms with Gasteiger partial charge in [-0.05, 0) is 26.0 Å². The second-order valence-corrected chi connectivity index (χ2v) is 6.03. The first-order valence-corrected chi connectivity index (χ1v) is 8.06. The molecule has 2 N–H and O–H groups in total. The maximum atomic E-state index is 12.5. The van der Waals surface area contributed by atoms with Crippen LogP contribution in [0.4, 0.5) is 0 Å². The highest BCUT2D eigenvalue weighted by Crippen LogP contribution is 2.14. The van der Waals surface area contributed by atoms with Gasteiger partial charge >= 0.3 is 0 Å². The van der Waals surface area contributed by atoms with Gasteiger partial charge in [0.15, 0.2) is 0 Å². The minimum Gasteiger partial charge on any atom is -0.337 e. The van der Waals surface area contributed by atoms with E-state index in [1.807, 2.05) is 11.8 Å². The topological polar surface area (TPSA) is 91.0 Å². The summed E-state index contributed by atoms with van der Waals surface area (Å²) >= 11 is 0. The first kappa shape index (κ1) is 22.1. The van der Waals surface area contributed by atoms with E-state index in [-0.39, 0.29) is 48.7 Å². The van der Waals surface area contributed by atoms with Gasteiger partial charge in [-0.15, -0.1) is 24.8 Å². The van der Waals surface area contributed by atoms with Crippen LogP contribution in [0.25, 0.3) is 11.4 Å². The number of aryl methyl sites for hydroxylation is 1.